The summed E-state index contributed by atoms with van der Waals surface area (Å²) < 4.78 is 38.1. The summed E-state index contributed by atoms with van der Waals surface area (Å²) in [5, 5.41) is 0.331. The van der Waals surface area contributed by atoms with E-state index in [1.807, 2.05) is 6.92 Å². The number of hydrogen-bond acceptors (Lipinski definition) is 3. The number of pyridine rings is 1. The molecule has 0 N–H and O–H groups in total. The van der Waals surface area contributed by atoms with Gasteiger partial charge in [0.2, 0.25) is 0 Å². The molecule has 1 saturated carbocycles. The van der Waals surface area contributed by atoms with Crippen molar-refractivity contribution in [3.63, 3.8) is 0 Å². The minimum atomic E-state index is -2.89. The molecule has 2 aromatic heterocycles. The summed E-state index contributed by atoms with van der Waals surface area (Å²) in [6.45, 7) is 1.73. The highest BCUT2D eigenvalue weighted by Gasteiger charge is 2.84. The largest absolute Gasteiger partial charge is 0.497 e. The van der Waals surface area contributed by atoms with Crippen LogP contribution in [0.5, 0.6) is 5.75 Å². The van der Waals surface area contributed by atoms with Crippen molar-refractivity contribution in [2.75, 3.05) is 20.2 Å². The second kappa shape index (κ2) is 6.18. The van der Waals surface area contributed by atoms with Gasteiger partial charge in [-0.1, -0.05) is 12.1 Å². The average Bonchev–Trinajstić information content (AvgIpc) is 3.11. The zero-order valence-corrected chi connectivity index (χ0v) is 17.8. The molecule has 3 heterocycles. The van der Waals surface area contributed by atoms with Gasteiger partial charge in [-0.25, -0.2) is 8.78 Å². The second-order valence-electron chi connectivity index (χ2n) is 8.67. The van der Waals surface area contributed by atoms with E-state index in [0.717, 1.165) is 5.56 Å². The number of fused-ring (bicyclic) bond motifs is 2. The molecule has 2 fully saturated rings. The molecule has 31 heavy (non-hydrogen) atoms. The van der Waals surface area contributed by atoms with E-state index in [1.165, 1.54) is 16.6 Å². The van der Waals surface area contributed by atoms with Crippen LogP contribution in [0.4, 0.5) is 8.78 Å². The number of piperidine rings is 1. The lowest BCUT2D eigenvalue weighted by molar-refractivity contribution is 0.0394. The molecular weight excluding hydrogens is 404 g/mol. The molecule has 8 heteroatoms. The molecule has 6 nitrogen and oxygen atoms in total. The van der Waals surface area contributed by atoms with Gasteiger partial charge in [-0.15, -0.1) is 0 Å². The molecule has 1 saturated heterocycles. The van der Waals surface area contributed by atoms with Crippen molar-refractivity contribution in [3.8, 4) is 5.75 Å². The minimum absolute atomic E-state index is 0.0500. The number of aromatic nitrogens is 2. The number of hydrogen-bond donors (Lipinski definition) is 0. The van der Waals surface area contributed by atoms with E-state index >= 15 is 0 Å². The van der Waals surface area contributed by atoms with E-state index in [4.69, 9.17) is 4.74 Å². The van der Waals surface area contributed by atoms with Crippen LogP contribution < -0.4 is 10.3 Å². The summed E-state index contributed by atoms with van der Waals surface area (Å²) in [7, 11) is 4.91. The molecule has 1 amide bonds. The predicted molar refractivity (Wildman–Crippen MR) is 112 cm³/mol. The Morgan fingerprint density at radius 1 is 1.19 bits per heavy atom. The molecule has 2 atom stereocenters. The number of ether oxygens (including phenoxy) is 1. The maximum Gasteiger partial charge on any atom is 0.265 e. The lowest BCUT2D eigenvalue weighted by Crippen LogP contribution is -2.38. The number of carbonyl (C=O) groups excluding carboxylic acids is 1. The third kappa shape index (κ3) is 2.41. The van der Waals surface area contributed by atoms with Gasteiger partial charge in [0.05, 0.1) is 34.9 Å². The monoisotopic (exact) mass is 427 g/mol. The van der Waals surface area contributed by atoms with Crippen LogP contribution in [-0.4, -0.2) is 46.1 Å². The molecule has 1 aliphatic heterocycles. The summed E-state index contributed by atoms with van der Waals surface area (Å²) >= 11 is 0. The molecule has 2 aliphatic rings. The fraction of sp³-hybridized carbons (Fsp3) is 0.391. The van der Waals surface area contributed by atoms with Crippen molar-refractivity contribution in [3.05, 3.63) is 63.7 Å². The number of halogens is 2. The van der Waals surface area contributed by atoms with Crippen LogP contribution in [0.1, 0.15) is 21.5 Å². The highest BCUT2D eigenvalue weighted by atomic mass is 19.3. The Kier molecular flexibility index (Phi) is 3.95. The predicted octanol–water partition coefficient (Wildman–Crippen LogP) is 2.85. The van der Waals surface area contributed by atoms with Crippen LogP contribution in [0.3, 0.4) is 0 Å². The van der Waals surface area contributed by atoms with Crippen LogP contribution in [0.25, 0.3) is 10.9 Å². The Labute approximate surface area is 177 Å². The van der Waals surface area contributed by atoms with Gasteiger partial charge in [-0.05, 0) is 30.2 Å². The molecule has 2 unspecified atom stereocenters. The van der Waals surface area contributed by atoms with Gasteiger partial charge in [0.15, 0.2) is 0 Å². The SMILES string of the molecule is COc1cccc(C23CN(C(=O)c4cn(C)c5c(C)cn(C)c(=O)c45)CC2C3(F)F)c1. The number of rotatable bonds is 3. The second-order valence-corrected chi connectivity index (χ2v) is 8.67. The topological polar surface area (TPSA) is 56.5 Å². The van der Waals surface area contributed by atoms with Crippen LogP contribution >= 0.6 is 0 Å². The maximum absolute atomic E-state index is 14.8. The van der Waals surface area contributed by atoms with E-state index in [9.17, 15) is 18.4 Å². The highest BCUT2D eigenvalue weighted by Crippen LogP contribution is 2.70. The van der Waals surface area contributed by atoms with Crippen molar-refractivity contribution in [1.29, 1.82) is 0 Å². The summed E-state index contributed by atoms with van der Waals surface area (Å²) in [4.78, 5) is 27.7. The minimum Gasteiger partial charge on any atom is -0.497 e. The first-order valence-electron chi connectivity index (χ1n) is 10.1. The Morgan fingerprint density at radius 2 is 1.94 bits per heavy atom. The van der Waals surface area contributed by atoms with Crippen molar-refractivity contribution >= 4 is 16.8 Å². The molecule has 1 aliphatic carbocycles. The van der Waals surface area contributed by atoms with Gasteiger partial charge in [0, 0.05) is 39.6 Å². The van der Waals surface area contributed by atoms with E-state index in [-0.39, 0.29) is 24.2 Å². The third-order valence-corrected chi connectivity index (χ3v) is 6.97. The number of alkyl halides is 2. The molecule has 1 aromatic carbocycles. The van der Waals surface area contributed by atoms with Gasteiger partial charge < -0.3 is 18.8 Å². The zero-order valence-electron chi connectivity index (χ0n) is 17.8. The number of methoxy groups -OCH3 is 1. The Bertz CT molecular complexity index is 1310. The van der Waals surface area contributed by atoms with Crippen LogP contribution in [0, 0.1) is 12.8 Å². The van der Waals surface area contributed by atoms with E-state index in [0.29, 0.717) is 22.2 Å². The van der Waals surface area contributed by atoms with Gasteiger partial charge in [-0.3, -0.25) is 9.59 Å². The maximum atomic E-state index is 14.8. The van der Waals surface area contributed by atoms with Gasteiger partial charge in [0.1, 0.15) is 5.75 Å². The fourth-order valence-corrected chi connectivity index (χ4v) is 5.38. The number of amides is 1. The number of carbonyl (C=O) groups is 1. The first-order chi connectivity index (χ1) is 14.6. The Hall–Kier alpha value is -3.16. The molecule has 0 bridgehead atoms. The van der Waals surface area contributed by atoms with Gasteiger partial charge in [0.25, 0.3) is 17.4 Å². The quantitative estimate of drug-likeness (QED) is 0.646. The van der Waals surface area contributed by atoms with Crippen molar-refractivity contribution in [2.45, 2.75) is 18.3 Å². The van der Waals surface area contributed by atoms with Gasteiger partial charge in [-0.2, -0.15) is 0 Å². The number of nitrogens with zero attached hydrogens (tertiary/aromatic N) is 3. The number of likely N-dealkylation sites (tertiary alicyclic amines) is 1. The van der Waals surface area contributed by atoms with E-state index in [2.05, 4.69) is 0 Å². The molecular formula is C23H23F2N3O3. The highest BCUT2D eigenvalue weighted by molar-refractivity contribution is 6.07. The number of aryl methyl sites for hydroxylation is 3. The molecule has 0 spiro atoms. The Morgan fingerprint density at radius 3 is 2.65 bits per heavy atom. The zero-order chi connectivity index (χ0) is 22.3. The van der Waals surface area contributed by atoms with Crippen LogP contribution in [0.15, 0.2) is 41.5 Å². The summed E-state index contributed by atoms with van der Waals surface area (Å²) in [5.41, 5.74) is 0.588. The van der Waals surface area contributed by atoms with Gasteiger partial charge >= 0.3 is 0 Å². The molecule has 0 radical (unpaired) electrons. The van der Waals surface area contributed by atoms with E-state index < -0.39 is 23.2 Å². The summed E-state index contributed by atoms with van der Waals surface area (Å²) in [5.74, 6) is -3.72. The summed E-state index contributed by atoms with van der Waals surface area (Å²) in [6, 6.07) is 6.69. The van der Waals surface area contributed by atoms with Crippen molar-refractivity contribution < 1.29 is 18.3 Å². The lowest BCUT2D eigenvalue weighted by Gasteiger charge is -2.24. The standard InChI is InChI=1S/C23H23F2N3O3/c1-13-9-27(3)21(30)18-16(10-26(2)19(13)18)20(29)28-11-17-22(12-28,23(17,24)25)14-6-5-7-15(8-14)31-4/h5-10,17H,11-12H2,1-4H3. The molecule has 3 aromatic rings. The first kappa shape index (κ1) is 19.8. The van der Waals surface area contributed by atoms with Crippen molar-refractivity contribution in [2.24, 2.45) is 20.0 Å². The number of benzene rings is 1. The molecule has 5 rings (SSSR count). The van der Waals surface area contributed by atoms with Crippen LogP contribution in [-0.2, 0) is 19.5 Å². The lowest BCUT2D eigenvalue weighted by atomic mass is 9.94. The summed E-state index contributed by atoms with van der Waals surface area (Å²) in [6.07, 6.45) is 3.35. The smallest absolute Gasteiger partial charge is 0.265 e. The molecule has 162 valence electrons. The normalized spacial score (nSPS) is 23.8. The van der Waals surface area contributed by atoms with Crippen LogP contribution in [0.2, 0.25) is 0 Å². The Balaban J connectivity index is 1.56. The van der Waals surface area contributed by atoms with E-state index in [1.54, 1.807) is 55.3 Å². The average molecular weight is 427 g/mol. The van der Waals surface area contributed by atoms with Crippen molar-refractivity contribution in [1.82, 2.24) is 14.0 Å². The third-order valence-electron chi connectivity index (χ3n) is 6.97. The first-order valence-corrected chi connectivity index (χ1v) is 10.1. The fourth-order valence-electron chi connectivity index (χ4n) is 5.38.